The lowest BCUT2D eigenvalue weighted by molar-refractivity contribution is -0.145. The smallest absolute Gasteiger partial charge is 0.251 e. The molecule has 0 N–H and O–H groups in total. The maximum absolute atomic E-state index is 13.2. The maximum atomic E-state index is 13.2. The Hall–Kier alpha value is -1.47. The molecule has 1 atom stereocenters. The van der Waals surface area contributed by atoms with E-state index >= 15 is 0 Å². The van der Waals surface area contributed by atoms with E-state index in [1.807, 2.05) is 0 Å². The second-order valence-corrected chi connectivity index (χ2v) is 6.99. The number of rotatable bonds is 3. The molecule has 1 aromatic rings. The van der Waals surface area contributed by atoms with Gasteiger partial charge < -0.3 is 14.5 Å². The standard InChI is InChI=1S/C17H20BrFN2O3/c18-13-10-12(3-4-14(13)19)11-16(22)20-5-7-21(8-6-20)17(23)15-2-1-9-24-15/h3-4,10,15H,1-2,5-9,11H2/t15-/m0/s1. The molecule has 1 aromatic carbocycles. The average Bonchev–Trinajstić information content (AvgIpc) is 3.12. The molecule has 2 saturated heterocycles. The van der Waals surface area contributed by atoms with Crippen LogP contribution in [0.3, 0.4) is 0 Å². The van der Waals surface area contributed by atoms with Crippen molar-refractivity contribution in [1.82, 2.24) is 9.80 Å². The Morgan fingerprint density at radius 2 is 1.92 bits per heavy atom. The molecule has 5 nitrogen and oxygen atoms in total. The van der Waals surface area contributed by atoms with E-state index in [2.05, 4.69) is 15.9 Å². The highest BCUT2D eigenvalue weighted by Crippen LogP contribution is 2.19. The van der Waals surface area contributed by atoms with Crippen molar-refractivity contribution in [3.8, 4) is 0 Å². The summed E-state index contributed by atoms with van der Waals surface area (Å²) in [6, 6.07) is 4.60. The van der Waals surface area contributed by atoms with Crippen LogP contribution >= 0.6 is 15.9 Å². The highest BCUT2D eigenvalue weighted by molar-refractivity contribution is 9.10. The third-order valence-corrected chi connectivity index (χ3v) is 5.10. The summed E-state index contributed by atoms with van der Waals surface area (Å²) in [6.07, 6.45) is 1.65. The van der Waals surface area contributed by atoms with Crippen LogP contribution in [-0.4, -0.2) is 60.5 Å². The Kier molecular flexibility index (Phi) is 5.50. The van der Waals surface area contributed by atoms with Crippen LogP contribution in [0.4, 0.5) is 4.39 Å². The van der Waals surface area contributed by atoms with E-state index < -0.39 is 0 Å². The van der Waals surface area contributed by atoms with Gasteiger partial charge in [-0.25, -0.2) is 4.39 Å². The molecular weight excluding hydrogens is 379 g/mol. The lowest BCUT2D eigenvalue weighted by atomic mass is 10.1. The van der Waals surface area contributed by atoms with Gasteiger partial charge in [0.05, 0.1) is 10.9 Å². The number of hydrogen-bond donors (Lipinski definition) is 0. The van der Waals surface area contributed by atoms with Crippen molar-refractivity contribution in [3.63, 3.8) is 0 Å². The predicted molar refractivity (Wildman–Crippen MR) is 89.9 cm³/mol. The summed E-state index contributed by atoms with van der Waals surface area (Å²) in [5.41, 5.74) is 0.770. The van der Waals surface area contributed by atoms with Gasteiger partial charge in [-0.1, -0.05) is 6.07 Å². The highest BCUT2D eigenvalue weighted by atomic mass is 79.9. The van der Waals surface area contributed by atoms with Crippen molar-refractivity contribution in [2.45, 2.75) is 25.4 Å². The second-order valence-electron chi connectivity index (χ2n) is 6.13. The quantitative estimate of drug-likeness (QED) is 0.781. The summed E-state index contributed by atoms with van der Waals surface area (Å²) in [4.78, 5) is 28.2. The molecule has 2 aliphatic heterocycles. The van der Waals surface area contributed by atoms with Gasteiger partial charge in [0.15, 0.2) is 0 Å². The lowest BCUT2D eigenvalue weighted by Gasteiger charge is -2.35. The number of carbonyl (C=O) groups excluding carboxylic acids is 2. The molecule has 0 saturated carbocycles. The fourth-order valence-corrected chi connectivity index (χ4v) is 3.51. The van der Waals surface area contributed by atoms with Gasteiger partial charge in [0.2, 0.25) is 5.91 Å². The summed E-state index contributed by atoms with van der Waals surface area (Å²) in [5.74, 6) is -0.299. The summed E-state index contributed by atoms with van der Waals surface area (Å²) in [6.45, 7) is 2.79. The van der Waals surface area contributed by atoms with Crippen molar-refractivity contribution in [2.24, 2.45) is 0 Å². The molecule has 2 aliphatic rings. The molecule has 7 heteroatoms. The molecule has 0 bridgehead atoms. The average molecular weight is 399 g/mol. The van der Waals surface area contributed by atoms with Crippen LogP contribution in [-0.2, 0) is 20.7 Å². The first-order valence-electron chi connectivity index (χ1n) is 8.16. The number of nitrogens with zero attached hydrogens (tertiary/aromatic N) is 2. The van der Waals surface area contributed by atoms with Crippen LogP contribution in [0.5, 0.6) is 0 Å². The molecule has 0 aliphatic carbocycles. The zero-order chi connectivity index (χ0) is 17.1. The first-order chi connectivity index (χ1) is 11.5. The van der Waals surface area contributed by atoms with Crippen LogP contribution in [0.2, 0.25) is 0 Å². The van der Waals surface area contributed by atoms with Crippen molar-refractivity contribution < 1.29 is 18.7 Å². The molecule has 2 fully saturated rings. The molecule has 3 rings (SSSR count). The van der Waals surface area contributed by atoms with Gasteiger partial charge >= 0.3 is 0 Å². The van der Waals surface area contributed by atoms with Gasteiger partial charge in [-0.2, -0.15) is 0 Å². The van der Waals surface area contributed by atoms with E-state index in [1.165, 1.54) is 6.07 Å². The van der Waals surface area contributed by atoms with Crippen molar-refractivity contribution in [3.05, 3.63) is 34.1 Å². The second kappa shape index (κ2) is 7.61. The molecule has 24 heavy (non-hydrogen) atoms. The minimum absolute atomic E-state index is 0.00211. The number of benzene rings is 1. The zero-order valence-corrected chi connectivity index (χ0v) is 14.9. The molecule has 0 aromatic heterocycles. The van der Waals surface area contributed by atoms with Gasteiger partial charge in [-0.15, -0.1) is 0 Å². The minimum atomic E-state index is -0.340. The normalized spacial score (nSPS) is 21.2. The number of carbonyl (C=O) groups is 2. The SMILES string of the molecule is O=C(Cc1ccc(F)c(Br)c1)N1CCN(C(=O)[C@@H]2CCCO2)CC1. The van der Waals surface area contributed by atoms with Crippen molar-refractivity contribution in [2.75, 3.05) is 32.8 Å². The van der Waals surface area contributed by atoms with Gasteiger partial charge in [0.1, 0.15) is 11.9 Å². The molecule has 130 valence electrons. The summed E-state index contributed by atoms with van der Waals surface area (Å²) in [5, 5.41) is 0. The van der Waals surface area contributed by atoms with Crippen LogP contribution in [0, 0.1) is 5.82 Å². The van der Waals surface area contributed by atoms with E-state index in [0.29, 0.717) is 37.3 Å². The van der Waals surface area contributed by atoms with E-state index in [4.69, 9.17) is 4.74 Å². The molecule has 2 amide bonds. The Morgan fingerprint density at radius 1 is 1.21 bits per heavy atom. The van der Waals surface area contributed by atoms with E-state index in [1.54, 1.807) is 21.9 Å². The Morgan fingerprint density at radius 3 is 2.54 bits per heavy atom. The van der Waals surface area contributed by atoms with Gasteiger partial charge in [0.25, 0.3) is 5.91 Å². The minimum Gasteiger partial charge on any atom is -0.368 e. The first kappa shape index (κ1) is 17.4. The van der Waals surface area contributed by atoms with Gasteiger partial charge in [-0.05, 0) is 46.5 Å². The monoisotopic (exact) mass is 398 g/mol. The fraction of sp³-hybridized carbons (Fsp3) is 0.529. The van der Waals surface area contributed by atoms with Crippen LogP contribution in [0.15, 0.2) is 22.7 Å². The fourth-order valence-electron chi connectivity index (χ4n) is 3.09. The maximum Gasteiger partial charge on any atom is 0.251 e. The zero-order valence-electron chi connectivity index (χ0n) is 13.3. The topological polar surface area (TPSA) is 49.9 Å². The van der Waals surface area contributed by atoms with Crippen molar-refractivity contribution >= 4 is 27.7 Å². The number of halogens is 2. The molecule has 2 heterocycles. The third-order valence-electron chi connectivity index (χ3n) is 4.49. The number of hydrogen-bond acceptors (Lipinski definition) is 3. The Labute approximate surface area is 148 Å². The van der Waals surface area contributed by atoms with Crippen LogP contribution < -0.4 is 0 Å². The summed E-state index contributed by atoms with van der Waals surface area (Å²) >= 11 is 3.13. The number of amides is 2. The summed E-state index contributed by atoms with van der Waals surface area (Å²) in [7, 11) is 0. The molecule has 0 spiro atoms. The molecule has 0 radical (unpaired) electrons. The van der Waals surface area contributed by atoms with Crippen LogP contribution in [0.1, 0.15) is 18.4 Å². The van der Waals surface area contributed by atoms with Gasteiger partial charge in [-0.3, -0.25) is 9.59 Å². The predicted octanol–water partition coefficient (Wildman–Crippen LogP) is 1.98. The van der Waals surface area contributed by atoms with Crippen molar-refractivity contribution in [1.29, 1.82) is 0 Å². The number of piperazine rings is 1. The highest BCUT2D eigenvalue weighted by Gasteiger charge is 2.31. The van der Waals surface area contributed by atoms with E-state index in [9.17, 15) is 14.0 Å². The molecule has 0 unspecified atom stereocenters. The Balaban J connectivity index is 1.51. The van der Waals surface area contributed by atoms with Gasteiger partial charge in [0, 0.05) is 32.8 Å². The molecular formula is C17H20BrFN2O3. The Bertz CT molecular complexity index is 626. The van der Waals surface area contributed by atoms with E-state index in [-0.39, 0.29) is 30.2 Å². The summed E-state index contributed by atoms with van der Waals surface area (Å²) < 4.78 is 19.0. The number of ether oxygens (including phenoxy) is 1. The largest absolute Gasteiger partial charge is 0.368 e. The lowest BCUT2D eigenvalue weighted by Crippen LogP contribution is -2.53. The van der Waals surface area contributed by atoms with Crippen LogP contribution in [0.25, 0.3) is 0 Å². The van der Waals surface area contributed by atoms with E-state index in [0.717, 1.165) is 18.4 Å². The third kappa shape index (κ3) is 3.95. The first-order valence-corrected chi connectivity index (χ1v) is 8.96.